The Morgan fingerprint density at radius 1 is 1.26 bits per heavy atom. The van der Waals surface area contributed by atoms with E-state index in [1.54, 1.807) is 0 Å². The molecule has 2 aliphatic rings. The van der Waals surface area contributed by atoms with Crippen molar-refractivity contribution in [1.29, 1.82) is 0 Å². The Morgan fingerprint density at radius 2 is 2.11 bits per heavy atom. The third-order valence-electron chi connectivity index (χ3n) is 7.12. The van der Waals surface area contributed by atoms with Gasteiger partial charge >= 0.3 is 12.0 Å². The average molecular weight is 517 g/mol. The lowest BCUT2D eigenvalue weighted by molar-refractivity contribution is 0.241. The van der Waals surface area contributed by atoms with Crippen LogP contribution in [0, 0.1) is 24.0 Å². The van der Waals surface area contributed by atoms with Crippen molar-refractivity contribution in [2.75, 3.05) is 31.6 Å². The predicted molar refractivity (Wildman–Crippen MR) is 137 cm³/mol. The number of nitrogens with zero attached hydrogens (tertiary/aromatic N) is 4. The number of hydrogen-bond acceptors (Lipinski definition) is 7. The van der Waals surface area contributed by atoms with E-state index < -0.39 is 17.2 Å². The van der Waals surface area contributed by atoms with Crippen molar-refractivity contribution in [2.24, 2.45) is 0 Å². The number of halogens is 2. The lowest BCUT2D eigenvalue weighted by atomic mass is 9.90. The summed E-state index contributed by atoms with van der Waals surface area (Å²) in [5.41, 5.74) is -0.620. The summed E-state index contributed by atoms with van der Waals surface area (Å²) in [6.45, 7) is 1.54. The van der Waals surface area contributed by atoms with Gasteiger partial charge in [-0.15, -0.1) is 6.42 Å². The summed E-state index contributed by atoms with van der Waals surface area (Å²) in [7, 11) is 1.38. The maximum atomic E-state index is 16.2. The zero-order valence-electron chi connectivity index (χ0n) is 20.3. The van der Waals surface area contributed by atoms with E-state index in [9.17, 15) is 14.3 Å². The molecule has 38 heavy (non-hydrogen) atoms. The minimum atomic E-state index is -0.800. The van der Waals surface area contributed by atoms with Gasteiger partial charge in [-0.05, 0) is 36.4 Å². The number of fused-ring (bicyclic) bond motifs is 2. The van der Waals surface area contributed by atoms with Crippen molar-refractivity contribution < 1.29 is 23.4 Å². The predicted octanol–water partition coefficient (Wildman–Crippen LogP) is 3.47. The monoisotopic (exact) mass is 516 g/mol. The summed E-state index contributed by atoms with van der Waals surface area (Å²) in [6.07, 6.45) is 8.60. The van der Waals surface area contributed by atoms with Gasteiger partial charge in [-0.3, -0.25) is 4.98 Å². The molecular formula is C27H22F2N6O3. The van der Waals surface area contributed by atoms with E-state index in [1.807, 2.05) is 4.90 Å². The fourth-order valence-electron chi connectivity index (χ4n) is 5.43. The molecule has 3 N–H and O–H groups in total. The minimum Gasteiger partial charge on any atom is -0.508 e. The number of piperidine rings is 1. The topological polar surface area (TPSA) is 113 Å². The van der Waals surface area contributed by atoms with E-state index in [4.69, 9.17) is 11.2 Å². The Balaban J connectivity index is 1.55. The molecule has 0 saturated carbocycles. The van der Waals surface area contributed by atoms with Crippen molar-refractivity contribution >= 4 is 33.5 Å². The van der Waals surface area contributed by atoms with Gasteiger partial charge in [-0.1, -0.05) is 12.0 Å². The van der Waals surface area contributed by atoms with Gasteiger partial charge in [0.2, 0.25) is 0 Å². The maximum absolute atomic E-state index is 16.2. The minimum absolute atomic E-state index is 0.0483. The van der Waals surface area contributed by atoms with Gasteiger partial charge < -0.3 is 25.4 Å². The second kappa shape index (κ2) is 8.69. The first-order chi connectivity index (χ1) is 18.3. The first kappa shape index (κ1) is 23.7. The number of methoxy groups -OCH3 is 1. The lowest BCUT2D eigenvalue weighted by Gasteiger charge is -2.40. The summed E-state index contributed by atoms with van der Waals surface area (Å²) < 4.78 is 36.1. The molecule has 1 unspecified atom stereocenters. The molecule has 4 aromatic rings. The first-order valence-corrected chi connectivity index (χ1v) is 12.0. The summed E-state index contributed by atoms with van der Waals surface area (Å²) in [5, 5.41) is 17.2. The number of urea groups is 1. The van der Waals surface area contributed by atoms with Gasteiger partial charge in [-0.2, -0.15) is 9.97 Å². The first-order valence-electron chi connectivity index (χ1n) is 12.0. The van der Waals surface area contributed by atoms with Crippen LogP contribution in [0.2, 0.25) is 0 Å². The number of aromatic nitrogens is 3. The highest BCUT2D eigenvalue weighted by molar-refractivity contribution is 6.03. The Kier molecular flexibility index (Phi) is 5.41. The lowest BCUT2D eigenvalue weighted by Crippen LogP contribution is -2.56. The molecule has 192 valence electrons. The molecule has 2 fully saturated rings. The number of phenolic OH excluding ortho intramolecular Hbond substituents is 1. The Hall–Kier alpha value is -4.72. The molecule has 2 amide bonds. The quantitative estimate of drug-likeness (QED) is 0.358. The largest absolute Gasteiger partial charge is 0.508 e. The molecule has 4 heterocycles. The van der Waals surface area contributed by atoms with Crippen molar-refractivity contribution in [3.63, 3.8) is 0 Å². The van der Waals surface area contributed by atoms with Crippen LogP contribution < -0.4 is 20.3 Å². The molecule has 1 atom stereocenters. The molecule has 0 radical (unpaired) electrons. The molecule has 1 spiro atoms. The van der Waals surface area contributed by atoms with E-state index >= 15 is 4.39 Å². The van der Waals surface area contributed by atoms with Gasteiger partial charge in [0.1, 0.15) is 28.6 Å². The number of pyridine rings is 1. The molecule has 2 saturated heterocycles. The van der Waals surface area contributed by atoms with Crippen LogP contribution in [0.4, 0.5) is 19.4 Å². The number of nitrogens with one attached hydrogen (secondary N) is 2. The average Bonchev–Trinajstić information content (AvgIpc) is 3.27. The van der Waals surface area contributed by atoms with Crippen molar-refractivity contribution in [1.82, 2.24) is 25.6 Å². The second-order valence-corrected chi connectivity index (χ2v) is 9.49. The van der Waals surface area contributed by atoms with E-state index in [1.165, 1.54) is 37.6 Å². The summed E-state index contributed by atoms with van der Waals surface area (Å²) in [5.74, 6) is 1.14. The molecule has 2 aromatic carbocycles. The highest BCUT2D eigenvalue weighted by Crippen LogP contribution is 2.39. The van der Waals surface area contributed by atoms with E-state index in [-0.39, 0.29) is 45.5 Å². The zero-order valence-corrected chi connectivity index (χ0v) is 20.3. The number of anilines is 1. The highest BCUT2D eigenvalue weighted by atomic mass is 19.1. The SMILES string of the molecule is C#Cc1c(F)ccc2cc(O)cc(-c3ncc4c(N5CCCC6(CNC(=O)N6)C5)nc(OC)nc4c3F)c12. The van der Waals surface area contributed by atoms with E-state index in [0.717, 1.165) is 12.8 Å². The Labute approximate surface area is 215 Å². The van der Waals surface area contributed by atoms with Gasteiger partial charge in [-0.25, -0.2) is 13.6 Å². The number of amides is 2. The number of phenols is 1. The standard InChI is InChI=1S/C27H22F2N6O3/c1-3-16-19(28)6-5-14-9-15(36)10-17(20(14)16)22-21(29)23-18(11-30-22)24(33-26(32-23)38-2)35-8-4-7-27(13-35)12-31-25(37)34-27/h1,5-6,9-11,36H,4,7-8,12-13H2,2H3,(H2,31,34,37). The van der Waals surface area contributed by atoms with Crippen molar-refractivity contribution in [3.8, 4) is 35.4 Å². The number of carbonyl (C=O) groups excluding carboxylic acids is 1. The number of rotatable bonds is 3. The summed E-state index contributed by atoms with van der Waals surface area (Å²) in [6, 6.07) is 5.10. The van der Waals surface area contributed by atoms with Crippen LogP contribution in [0.25, 0.3) is 32.9 Å². The molecule has 6 rings (SSSR count). The number of terminal acetylenes is 1. The van der Waals surface area contributed by atoms with Crippen molar-refractivity contribution in [3.05, 3.63) is 47.7 Å². The second-order valence-electron chi connectivity index (χ2n) is 9.49. The van der Waals surface area contributed by atoms with Gasteiger partial charge in [0.05, 0.1) is 23.6 Å². The third-order valence-corrected chi connectivity index (χ3v) is 7.12. The van der Waals surface area contributed by atoms with Crippen LogP contribution in [0.5, 0.6) is 11.8 Å². The number of carbonyl (C=O) groups is 1. The summed E-state index contributed by atoms with van der Waals surface area (Å²) >= 11 is 0. The van der Waals surface area contributed by atoms with Crippen molar-refractivity contribution in [2.45, 2.75) is 18.4 Å². The van der Waals surface area contributed by atoms with Crippen LogP contribution in [-0.2, 0) is 0 Å². The molecule has 9 nitrogen and oxygen atoms in total. The van der Waals surface area contributed by atoms with Crippen LogP contribution in [-0.4, -0.2) is 58.4 Å². The molecule has 0 aliphatic carbocycles. The van der Waals surface area contributed by atoms with Gasteiger partial charge in [0, 0.05) is 36.8 Å². The Bertz CT molecular complexity index is 1690. The third kappa shape index (κ3) is 3.68. The van der Waals surface area contributed by atoms with Gasteiger partial charge in [0.15, 0.2) is 5.82 Å². The van der Waals surface area contributed by atoms with Crippen LogP contribution in [0.3, 0.4) is 0 Å². The number of ether oxygens (including phenoxy) is 1. The normalized spacial score (nSPS) is 19.0. The molecule has 0 bridgehead atoms. The van der Waals surface area contributed by atoms with E-state index in [2.05, 4.69) is 31.5 Å². The summed E-state index contributed by atoms with van der Waals surface area (Å²) in [4.78, 5) is 27.0. The van der Waals surface area contributed by atoms with E-state index in [0.29, 0.717) is 36.2 Å². The van der Waals surface area contributed by atoms with Crippen LogP contribution >= 0.6 is 0 Å². The zero-order chi connectivity index (χ0) is 26.6. The number of benzene rings is 2. The smallest absolute Gasteiger partial charge is 0.318 e. The molecule has 11 heteroatoms. The fraction of sp³-hybridized carbons (Fsp3) is 0.259. The Morgan fingerprint density at radius 3 is 2.84 bits per heavy atom. The molecular weight excluding hydrogens is 494 g/mol. The number of hydrogen-bond donors (Lipinski definition) is 3. The van der Waals surface area contributed by atoms with Gasteiger partial charge in [0.25, 0.3) is 0 Å². The maximum Gasteiger partial charge on any atom is 0.318 e. The fourth-order valence-corrected chi connectivity index (χ4v) is 5.43. The highest BCUT2D eigenvalue weighted by Gasteiger charge is 2.42. The van der Waals surface area contributed by atoms with Crippen LogP contribution in [0.1, 0.15) is 18.4 Å². The molecule has 2 aliphatic heterocycles. The number of aromatic hydroxyl groups is 1. The molecule has 2 aromatic heterocycles. The van der Waals surface area contributed by atoms with Crippen LogP contribution in [0.15, 0.2) is 30.5 Å².